The second kappa shape index (κ2) is 6.27. The lowest BCUT2D eigenvalue weighted by atomic mass is 10.1. The van der Waals surface area contributed by atoms with Gasteiger partial charge in [-0.3, -0.25) is 0 Å². The topological polar surface area (TPSA) is 35.8 Å². The third-order valence-corrected chi connectivity index (χ3v) is 3.15. The first-order valence-electron chi connectivity index (χ1n) is 6.27. The lowest BCUT2D eigenvalue weighted by molar-refractivity contribution is 0.543. The van der Waals surface area contributed by atoms with E-state index in [-0.39, 0.29) is 11.9 Å². The molecule has 0 bridgehead atoms. The first-order valence-corrected chi connectivity index (χ1v) is 6.27. The molecule has 0 fully saturated rings. The Labute approximate surface area is 116 Å². The normalized spacial score (nSPS) is 11.9. The van der Waals surface area contributed by atoms with Gasteiger partial charge < -0.3 is 5.32 Å². The molecule has 2 aromatic rings. The number of hydrogen-bond acceptors (Lipinski definition) is 2. The summed E-state index contributed by atoms with van der Waals surface area (Å²) >= 11 is 0. The molecule has 0 saturated carbocycles. The summed E-state index contributed by atoms with van der Waals surface area (Å²) in [6, 6.07) is 12.5. The highest BCUT2D eigenvalue weighted by molar-refractivity contribution is 5.33. The molecule has 0 aliphatic heterocycles. The van der Waals surface area contributed by atoms with Crippen LogP contribution in [0.2, 0.25) is 0 Å². The summed E-state index contributed by atoms with van der Waals surface area (Å²) in [7, 11) is 0. The summed E-state index contributed by atoms with van der Waals surface area (Å²) in [6.07, 6.45) is 0. The van der Waals surface area contributed by atoms with Gasteiger partial charge in [0, 0.05) is 18.2 Å². The van der Waals surface area contributed by atoms with E-state index in [2.05, 4.69) is 5.32 Å². The quantitative estimate of drug-likeness (QED) is 0.921. The molecule has 2 nitrogen and oxygen atoms in total. The number of nitriles is 1. The molecule has 2 rings (SSSR count). The molecular weight excluding hydrogens is 258 g/mol. The smallest absolute Gasteiger partial charge is 0.129 e. The number of benzene rings is 2. The molecule has 0 radical (unpaired) electrons. The molecule has 102 valence electrons. The standard InChI is InChI=1S/C16H14F2N2/c1-11(13-4-6-15(17)7-5-13)20-10-14-3-2-12(9-19)8-16(14)18/h2-8,11,20H,10H2,1H3/t11-/m1/s1. The lowest BCUT2D eigenvalue weighted by Gasteiger charge is -2.14. The van der Waals surface area contributed by atoms with Crippen LogP contribution in [0.1, 0.15) is 29.7 Å². The van der Waals surface area contributed by atoms with Crippen molar-refractivity contribution in [1.29, 1.82) is 5.26 Å². The molecular formula is C16H14F2N2. The summed E-state index contributed by atoms with van der Waals surface area (Å²) in [4.78, 5) is 0. The van der Waals surface area contributed by atoms with E-state index >= 15 is 0 Å². The molecule has 1 atom stereocenters. The highest BCUT2D eigenvalue weighted by atomic mass is 19.1. The van der Waals surface area contributed by atoms with E-state index in [1.165, 1.54) is 18.2 Å². The van der Waals surface area contributed by atoms with Gasteiger partial charge in [-0.1, -0.05) is 18.2 Å². The van der Waals surface area contributed by atoms with Gasteiger partial charge in [0.05, 0.1) is 11.6 Å². The molecule has 0 unspecified atom stereocenters. The average Bonchev–Trinajstić information content (AvgIpc) is 2.46. The van der Waals surface area contributed by atoms with Crippen LogP contribution in [0.3, 0.4) is 0 Å². The Kier molecular flexibility index (Phi) is 4.44. The zero-order valence-electron chi connectivity index (χ0n) is 11.0. The summed E-state index contributed by atoms with van der Waals surface area (Å²) < 4.78 is 26.5. The van der Waals surface area contributed by atoms with Crippen molar-refractivity contribution in [2.45, 2.75) is 19.5 Å². The van der Waals surface area contributed by atoms with Crippen LogP contribution in [0.4, 0.5) is 8.78 Å². The Morgan fingerprint density at radius 3 is 2.45 bits per heavy atom. The molecule has 0 aliphatic carbocycles. The van der Waals surface area contributed by atoms with Crippen molar-refractivity contribution in [2.75, 3.05) is 0 Å². The third kappa shape index (κ3) is 3.40. The fraction of sp³-hybridized carbons (Fsp3) is 0.188. The van der Waals surface area contributed by atoms with Crippen LogP contribution in [0, 0.1) is 23.0 Å². The Bertz CT molecular complexity index is 630. The third-order valence-electron chi connectivity index (χ3n) is 3.15. The van der Waals surface area contributed by atoms with Crippen LogP contribution >= 0.6 is 0 Å². The van der Waals surface area contributed by atoms with Crippen molar-refractivity contribution in [3.05, 3.63) is 70.8 Å². The van der Waals surface area contributed by atoms with Crippen LogP contribution in [-0.2, 0) is 6.54 Å². The molecule has 0 amide bonds. The Balaban J connectivity index is 2.01. The first kappa shape index (κ1) is 14.2. The number of halogens is 2. The molecule has 0 aromatic heterocycles. The van der Waals surface area contributed by atoms with Crippen molar-refractivity contribution >= 4 is 0 Å². The van der Waals surface area contributed by atoms with E-state index in [0.717, 1.165) is 5.56 Å². The number of nitrogens with zero attached hydrogens (tertiary/aromatic N) is 1. The predicted molar refractivity (Wildman–Crippen MR) is 72.8 cm³/mol. The van der Waals surface area contributed by atoms with E-state index in [4.69, 9.17) is 5.26 Å². The lowest BCUT2D eigenvalue weighted by Crippen LogP contribution is -2.18. The van der Waals surface area contributed by atoms with Gasteiger partial charge in [-0.15, -0.1) is 0 Å². The van der Waals surface area contributed by atoms with Gasteiger partial charge in [-0.05, 0) is 36.8 Å². The Morgan fingerprint density at radius 2 is 1.85 bits per heavy atom. The SMILES string of the molecule is C[C@@H](NCc1ccc(C#N)cc1F)c1ccc(F)cc1. The minimum atomic E-state index is -0.400. The molecule has 1 N–H and O–H groups in total. The predicted octanol–water partition coefficient (Wildman–Crippen LogP) is 3.69. The minimum absolute atomic E-state index is 0.0226. The van der Waals surface area contributed by atoms with Gasteiger partial charge in [0.2, 0.25) is 0 Å². The van der Waals surface area contributed by atoms with Crippen molar-refractivity contribution in [3.8, 4) is 6.07 Å². The van der Waals surface area contributed by atoms with Crippen LogP contribution in [0.25, 0.3) is 0 Å². The maximum absolute atomic E-state index is 13.7. The van der Waals surface area contributed by atoms with Crippen molar-refractivity contribution < 1.29 is 8.78 Å². The van der Waals surface area contributed by atoms with Crippen molar-refractivity contribution in [1.82, 2.24) is 5.32 Å². The van der Waals surface area contributed by atoms with Gasteiger partial charge in [0.25, 0.3) is 0 Å². The van der Waals surface area contributed by atoms with Crippen LogP contribution in [-0.4, -0.2) is 0 Å². The second-order valence-corrected chi connectivity index (χ2v) is 4.57. The van der Waals surface area contributed by atoms with Crippen molar-refractivity contribution in [2.24, 2.45) is 0 Å². The molecule has 0 spiro atoms. The number of rotatable bonds is 4. The largest absolute Gasteiger partial charge is 0.306 e. The van der Waals surface area contributed by atoms with E-state index in [9.17, 15) is 8.78 Å². The zero-order chi connectivity index (χ0) is 14.5. The van der Waals surface area contributed by atoms with Gasteiger partial charge in [-0.2, -0.15) is 5.26 Å². The Morgan fingerprint density at radius 1 is 1.15 bits per heavy atom. The minimum Gasteiger partial charge on any atom is -0.306 e. The van der Waals surface area contributed by atoms with Crippen LogP contribution < -0.4 is 5.32 Å². The summed E-state index contributed by atoms with van der Waals surface area (Å²) in [6.45, 7) is 2.27. The summed E-state index contributed by atoms with van der Waals surface area (Å²) in [5.74, 6) is -0.679. The van der Waals surface area contributed by atoms with E-state index in [0.29, 0.717) is 17.7 Å². The zero-order valence-corrected chi connectivity index (χ0v) is 11.0. The van der Waals surface area contributed by atoms with E-state index in [1.807, 2.05) is 13.0 Å². The van der Waals surface area contributed by atoms with Crippen LogP contribution in [0.15, 0.2) is 42.5 Å². The first-order chi connectivity index (χ1) is 9.60. The van der Waals surface area contributed by atoms with Gasteiger partial charge in [0.1, 0.15) is 11.6 Å². The molecule has 0 heterocycles. The average molecular weight is 272 g/mol. The molecule has 0 saturated heterocycles. The van der Waals surface area contributed by atoms with Gasteiger partial charge >= 0.3 is 0 Å². The summed E-state index contributed by atoms with van der Waals surface area (Å²) in [5, 5.41) is 11.8. The molecule has 2 aromatic carbocycles. The molecule has 4 heteroatoms. The van der Waals surface area contributed by atoms with Crippen LogP contribution in [0.5, 0.6) is 0 Å². The molecule has 20 heavy (non-hydrogen) atoms. The maximum atomic E-state index is 13.7. The highest BCUT2D eigenvalue weighted by Gasteiger charge is 2.08. The van der Waals surface area contributed by atoms with Crippen molar-refractivity contribution in [3.63, 3.8) is 0 Å². The second-order valence-electron chi connectivity index (χ2n) is 4.57. The van der Waals surface area contributed by atoms with Gasteiger partial charge in [0.15, 0.2) is 0 Å². The highest BCUT2D eigenvalue weighted by Crippen LogP contribution is 2.15. The maximum Gasteiger partial charge on any atom is 0.129 e. The summed E-state index contributed by atoms with van der Waals surface area (Å²) in [5.41, 5.74) is 1.73. The number of nitrogens with one attached hydrogen (secondary N) is 1. The number of hydrogen-bond donors (Lipinski definition) is 1. The fourth-order valence-electron chi connectivity index (χ4n) is 1.89. The fourth-order valence-corrected chi connectivity index (χ4v) is 1.89. The monoisotopic (exact) mass is 272 g/mol. The van der Waals surface area contributed by atoms with E-state index in [1.54, 1.807) is 24.3 Å². The Hall–Kier alpha value is -2.25. The van der Waals surface area contributed by atoms with E-state index < -0.39 is 5.82 Å². The van der Waals surface area contributed by atoms with Gasteiger partial charge in [-0.25, -0.2) is 8.78 Å². The molecule has 0 aliphatic rings.